The molecule has 206 valence electrons. The van der Waals surface area contributed by atoms with Crippen molar-refractivity contribution in [2.45, 2.75) is 143 Å². The van der Waals surface area contributed by atoms with E-state index in [2.05, 4.69) is 31.0 Å². The number of unbranched alkanes of at least 4 members (excludes halogenated alkanes) is 11. The summed E-state index contributed by atoms with van der Waals surface area (Å²) in [6, 6.07) is 0.385. The molecule has 0 bridgehead atoms. The first-order valence-electron chi connectivity index (χ1n) is 14.9. The molecule has 1 unspecified atom stereocenters. The zero-order chi connectivity index (χ0) is 25.7. The van der Waals surface area contributed by atoms with Crippen LogP contribution in [0.1, 0.15) is 137 Å². The topological polar surface area (TPSA) is 61.8 Å². The Morgan fingerprint density at radius 3 is 1.85 bits per heavy atom. The van der Waals surface area contributed by atoms with Crippen LogP contribution in [-0.2, 0) is 9.53 Å². The molecule has 0 heterocycles. The number of ether oxygens (including phenoxy) is 1. The molecule has 1 atom stereocenters. The third-order valence-electron chi connectivity index (χ3n) is 6.20. The molecule has 5 nitrogen and oxygen atoms in total. The monoisotopic (exact) mass is 486 g/mol. The summed E-state index contributed by atoms with van der Waals surface area (Å²) in [5.41, 5.74) is 0. The van der Waals surface area contributed by atoms with Crippen molar-refractivity contribution < 1.29 is 14.6 Å². The van der Waals surface area contributed by atoms with Crippen molar-refractivity contribution >= 4 is 5.97 Å². The molecule has 0 saturated heterocycles. The zero-order valence-corrected chi connectivity index (χ0v) is 23.8. The van der Waals surface area contributed by atoms with Gasteiger partial charge >= 0.3 is 5.97 Å². The summed E-state index contributed by atoms with van der Waals surface area (Å²) >= 11 is 0. The summed E-state index contributed by atoms with van der Waals surface area (Å²) < 4.78 is 5.53. The van der Waals surface area contributed by atoms with Crippen molar-refractivity contribution in [2.75, 3.05) is 39.4 Å². The third-order valence-corrected chi connectivity index (χ3v) is 6.20. The standard InChI is InChI=1S/C27H56N2O3.C2H6/c1-4-6-8-10-12-16-21-29(22-17-13-11-9-7-5-2)23-25-32-27(31)19-15-14-18-26(3)28-20-24-30;1-2/h26,28,30H,4-25H2,1-3H3;1-2H3. The van der Waals surface area contributed by atoms with Gasteiger partial charge in [-0.3, -0.25) is 9.69 Å². The molecule has 0 aliphatic carbocycles. The van der Waals surface area contributed by atoms with E-state index in [1.165, 1.54) is 77.0 Å². The van der Waals surface area contributed by atoms with Gasteiger partial charge in [-0.25, -0.2) is 0 Å². The number of esters is 1. The molecule has 0 spiro atoms. The fraction of sp³-hybridized carbons (Fsp3) is 0.966. The molecule has 34 heavy (non-hydrogen) atoms. The van der Waals surface area contributed by atoms with Crippen molar-refractivity contribution in [3.8, 4) is 0 Å². The maximum atomic E-state index is 12.1. The molecule has 0 aromatic carbocycles. The Morgan fingerprint density at radius 2 is 1.32 bits per heavy atom. The van der Waals surface area contributed by atoms with Crippen LogP contribution in [0.5, 0.6) is 0 Å². The molecule has 0 fully saturated rings. The normalized spacial score (nSPS) is 11.9. The van der Waals surface area contributed by atoms with E-state index < -0.39 is 0 Å². The molecule has 0 aromatic heterocycles. The largest absolute Gasteiger partial charge is 0.464 e. The van der Waals surface area contributed by atoms with Crippen molar-refractivity contribution in [3.05, 3.63) is 0 Å². The summed E-state index contributed by atoms with van der Waals surface area (Å²) in [4.78, 5) is 14.6. The van der Waals surface area contributed by atoms with Gasteiger partial charge in [0.25, 0.3) is 0 Å². The average molecular weight is 487 g/mol. The van der Waals surface area contributed by atoms with Crippen LogP contribution in [0.4, 0.5) is 0 Å². The van der Waals surface area contributed by atoms with Crippen LogP contribution in [0.3, 0.4) is 0 Å². The summed E-state index contributed by atoms with van der Waals surface area (Å²) in [6.45, 7) is 15.1. The van der Waals surface area contributed by atoms with E-state index >= 15 is 0 Å². The van der Waals surface area contributed by atoms with Gasteiger partial charge in [-0.15, -0.1) is 0 Å². The summed E-state index contributed by atoms with van der Waals surface area (Å²) in [5.74, 6) is -0.0555. The van der Waals surface area contributed by atoms with E-state index in [-0.39, 0.29) is 12.6 Å². The van der Waals surface area contributed by atoms with Crippen LogP contribution in [-0.4, -0.2) is 61.4 Å². The first kappa shape index (κ1) is 35.5. The van der Waals surface area contributed by atoms with Gasteiger partial charge in [-0.1, -0.05) is 98.3 Å². The van der Waals surface area contributed by atoms with Crippen molar-refractivity contribution in [1.29, 1.82) is 0 Å². The Labute approximate surface area is 213 Å². The van der Waals surface area contributed by atoms with Crippen LogP contribution in [0, 0.1) is 0 Å². The summed E-state index contributed by atoms with van der Waals surface area (Å²) in [6.07, 6.45) is 19.3. The lowest BCUT2D eigenvalue weighted by atomic mass is 10.1. The fourth-order valence-corrected chi connectivity index (χ4v) is 4.06. The Kier molecular flexibility index (Phi) is 31.7. The first-order valence-corrected chi connectivity index (χ1v) is 14.9. The van der Waals surface area contributed by atoms with E-state index in [1.807, 2.05) is 13.8 Å². The van der Waals surface area contributed by atoms with Gasteiger partial charge in [-0.2, -0.15) is 0 Å². The fourth-order valence-electron chi connectivity index (χ4n) is 4.06. The van der Waals surface area contributed by atoms with E-state index in [9.17, 15) is 4.79 Å². The minimum atomic E-state index is -0.0555. The number of nitrogens with zero attached hydrogens (tertiary/aromatic N) is 1. The van der Waals surface area contributed by atoms with E-state index in [0.717, 1.165) is 38.9 Å². The summed E-state index contributed by atoms with van der Waals surface area (Å²) in [7, 11) is 0. The number of aliphatic hydroxyl groups excluding tert-OH is 1. The van der Waals surface area contributed by atoms with Gasteiger partial charge < -0.3 is 15.2 Å². The molecule has 5 heteroatoms. The van der Waals surface area contributed by atoms with Gasteiger partial charge in [0.2, 0.25) is 0 Å². The van der Waals surface area contributed by atoms with E-state index in [4.69, 9.17) is 9.84 Å². The minimum Gasteiger partial charge on any atom is -0.464 e. The molecule has 0 aliphatic heterocycles. The molecular formula is C29H62N2O3. The molecule has 0 radical (unpaired) electrons. The zero-order valence-electron chi connectivity index (χ0n) is 23.8. The molecule has 0 aliphatic rings. The number of carbonyl (C=O) groups is 1. The second-order valence-corrected chi connectivity index (χ2v) is 9.42. The Balaban J connectivity index is 0. The van der Waals surface area contributed by atoms with Gasteiger partial charge in [0.1, 0.15) is 6.61 Å². The lowest BCUT2D eigenvalue weighted by molar-refractivity contribution is -0.144. The van der Waals surface area contributed by atoms with Crippen LogP contribution in [0.2, 0.25) is 0 Å². The molecule has 0 amide bonds. The molecule has 0 saturated carbocycles. The van der Waals surface area contributed by atoms with Gasteiger partial charge in [0.05, 0.1) is 6.61 Å². The van der Waals surface area contributed by atoms with Crippen LogP contribution < -0.4 is 5.32 Å². The number of hydrogen-bond donors (Lipinski definition) is 2. The summed E-state index contributed by atoms with van der Waals surface area (Å²) in [5, 5.41) is 12.1. The highest BCUT2D eigenvalue weighted by Crippen LogP contribution is 2.09. The van der Waals surface area contributed by atoms with E-state index in [0.29, 0.717) is 25.6 Å². The molecular weight excluding hydrogens is 424 g/mol. The lowest BCUT2D eigenvalue weighted by Crippen LogP contribution is -2.30. The van der Waals surface area contributed by atoms with Crippen LogP contribution in [0.15, 0.2) is 0 Å². The smallest absolute Gasteiger partial charge is 0.305 e. The Hall–Kier alpha value is -0.650. The maximum absolute atomic E-state index is 12.1. The maximum Gasteiger partial charge on any atom is 0.305 e. The highest BCUT2D eigenvalue weighted by Gasteiger charge is 2.08. The highest BCUT2D eigenvalue weighted by molar-refractivity contribution is 5.69. The van der Waals surface area contributed by atoms with Crippen molar-refractivity contribution in [2.24, 2.45) is 0 Å². The van der Waals surface area contributed by atoms with Gasteiger partial charge in [0.15, 0.2) is 0 Å². The highest BCUT2D eigenvalue weighted by atomic mass is 16.5. The van der Waals surface area contributed by atoms with Crippen molar-refractivity contribution in [1.82, 2.24) is 10.2 Å². The predicted octanol–water partition coefficient (Wildman–Crippen LogP) is 7.11. The first-order chi connectivity index (χ1) is 16.6. The van der Waals surface area contributed by atoms with Gasteiger partial charge in [0, 0.05) is 25.6 Å². The Bertz CT molecular complexity index is 378. The molecule has 0 aromatic rings. The van der Waals surface area contributed by atoms with Crippen LogP contribution in [0.25, 0.3) is 0 Å². The number of nitrogens with one attached hydrogen (secondary N) is 1. The average Bonchev–Trinajstić information content (AvgIpc) is 2.85. The number of aliphatic hydroxyl groups is 1. The molecule has 2 N–H and O–H groups in total. The Morgan fingerprint density at radius 1 is 0.794 bits per heavy atom. The van der Waals surface area contributed by atoms with Crippen molar-refractivity contribution in [3.63, 3.8) is 0 Å². The lowest BCUT2D eigenvalue weighted by Gasteiger charge is -2.22. The number of rotatable bonds is 25. The second kappa shape index (κ2) is 30.4. The predicted molar refractivity (Wildman–Crippen MR) is 149 cm³/mol. The number of hydrogen-bond acceptors (Lipinski definition) is 5. The van der Waals surface area contributed by atoms with Gasteiger partial charge in [-0.05, 0) is 45.7 Å². The van der Waals surface area contributed by atoms with Crippen LogP contribution >= 0.6 is 0 Å². The third kappa shape index (κ3) is 27.6. The van der Waals surface area contributed by atoms with E-state index in [1.54, 1.807) is 0 Å². The minimum absolute atomic E-state index is 0.0555. The molecule has 0 rings (SSSR count). The SMILES string of the molecule is CC.CCCCCCCCN(CCCCCCCC)CCOC(=O)CCCCC(C)NCCO. The number of carbonyl (C=O) groups excluding carboxylic acids is 1. The second-order valence-electron chi connectivity index (χ2n) is 9.42. The quantitative estimate of drug-likeness (QED) is 0.106.